The van der Waals surface area contributed by atoms with E-state index < -0.39 is 0 Å². The van der Waals surface area contributed by atoms with Crippen LogP contribution in [0.2, 0.25) is 0 Å². The second kappa shape index (κ2) is 16.5. The first kappa shape index (κ1) is 39.4. The fourth-order valence-electron chi connectivity index (χ4n) is 10.4. The summed E-state index contributed by atoms with van der Waals surface area (Å²) < 4.78 is 2.39. The van der Waals surface area contributed by atoms with Gasteiger partial charge in [-0.05, 0) is 144 Å². The summed E-state index contributed by atoms with van der Waals surface area (Å²) in [7, 11) is 0. The lowest BCUT2D eigenvalue weighted by atomic mass is 9.94. The lowest BCUT2D eigenvalue weighted by Crippen LogP contribution is -2.10. The number of benzene rings is 12. The Hall–Kier alpha value is -8.98. The molecule has 68 heavy (non-hydrogen) atoms. The SMILES string of the molecule is c1ccc(-n2c3ccccc3c3ccc(-c4cccc(N(c5ccc(-c6ccc(-c7ccc8ccccc8c7)cc6)cc5)c5cccc(-c6cccc7c6ccc6ccccc67)c5)c4)cc32)cc1. The van der Waals surface area contributed by atoms with E-state index in [9.17, 15) is 0 Å². The molecule has 0 unspecified atom stereocenters. The first-order valence-electron chi connectivity index (χ1n) is 23.4. The predicted octanol–water partition coefficient (Wildman–Crippen LogP) is 18.4. The highest BCUT2D eigenvalue weighted by atomic mass is 15.1. The summed E-state index contributed by atoms with van der Waals surface area (Å²) in [5.74, 6) is 0. The van der Waals surface area contributed by atoms with E-state index in [1.54, 1.807) is 0 Å². The molecule has 1 aromatic heterocycles. The molecule has 2 heteroatoms. The molecule has 0 radical (unpaired) electrons. The van der Waals surface area contributed by atoms with Gasteiger partial charge in [0.25, 0.3) is 0 Å². The Morgan fingerprint density at radius 2 is 0.750 bits per heavy atom. The molecule has 0 saturated heterocycles. The van der Waals surface area contributed by atoms with Gasteiger partial charge in [-0.15, -0.1) is 0 Å². The van der Waals surface area contributed by atoms with Crippen LogP contribution < -0.4 is 4.90 Å². The van der Waals surface area contributed by atoms with Gasteiger partial charge in [-0.1, -0.05) is 200 Å². The van der Waals surface area contributed by atoms with Crippen molar-refractivity contribution in [3.63, 3.8) is 0 Å². The van der Waals surface area contributed by atoms with Crippen molar-refractivity contribution in [3.8, 4) is 50.2 Å². The average molecular weight is 865 g/mol. The number of hydrogen-bond acceptors (Lipinski definition) is 1. The summed E-state index contributed by atoms with van der Waals surface area (Å²) in [6.45, 7) is 0. The fraction of sp³-hybridized carbons (Fsp3) is 0. The zero-order valence-electron chi connectivity index (χ0n) is 37.3. The molecule has 2 nitrogen and oxygen atoms in total. The maximum absolute atomic E-state index is 2.40. The van der Waals surface area contributed by atoms with E-state index in [2.05, 4.69) is 276 Å². The van der Waals surface area contributed by atoms with Crippen LogP contribution in [0.4, 0.5) is 17.1 Å². The lowest BCUT2D eigenvalue weighted by molar-refractivity contribution is 1.18. The van der Waals surface area contributed by atoms with Crippen LogP contribution in [0.25, 0.3) is 104 Å². The summed E-state index contributed by atoms with van der Waals surface area (Å²) >= 11 is 0. The largest absolute Gasteiger partial charge is 0.310 e. The first-order chi connectivity index (χ1) is 33.7. The second-order valence-corrected chi connectivity index (χ2v) is 17.7. The molecular weight excluding hydrogens is 821 g/mol. The van der Waals surface area contributed by atoms with Crippen LogP contribution in [0.15, 0.2) is 267 Å². The Morgan fingerprint density at radius 3 is 1.54 bits per heavy atom. The molecule has 0 aliphatic carbocycles. The van der Waals surface area contributed by atoms with Gasteiger partial charge in [0, 0.05) is 33.5 Å². The van der Waals surface area contributed by atoms with Crippen LogP contribution in [0, 0.1) is 0 Å². The molecule has 0 amide bonds. The Kier molecular flexibility index (Phi) is 9.54. The van der Waals surface area contributed by atoms with Crippen molar-refractivity contribution in [3.05, 3.63) is 267 Å². The minimum Gasteiger partial charge on any atom is -0.310 e. The van der Waals surface area contributed by atoms with Gasteiger partial charge < -0.3 is 9.47 Å². The van der Waals surface area contributed by atoms with Gasteiger partial charge in [-0.25, -0.2) is 0 Å². The summed E-state index contributed by atoms with van der Waals surface area (Å²) in [6.07, 6.45) is 0. The topological polar surface area (TPSA) is 8.17 Å². The molecule has 0 aliphatic rings. The molecule has 0 N–H and O–H groups in total. The highest BCUT2D eigenvalue weighted by molar-refractivity contribution is 6.12. The third kappa shape index (κ3) is 6.90. The van der Waals surface area contributed by atoms with Crippen molar-refractivity contribution < 1.29 is 0 Å². The number of fused-ring (bicyclic) bond motifs is 7. The van der Waals surface area contributed by atoms with Gasteiger partial charge in [0.05, 0.1) is 11.0 Å². The predicted molar refractivity (Wildman–Crippen MR) is 290 cm³/mol. The number of rotatable bonds is 8. The number of para-hydroxylation sites is 2. The van der Waals surface area contributed by atoms with E-state index >= 15 is 0 Å². The van der Waals surface area contributed by atoms with E-state index in [1.165, 1.54) is 93.1 Å². The molecule has 0 aliphatic heterocycles. The lowest BCUT2D eigenvalue weighted by Gasteiger charge is -2.27. The molecule has 0 saturated carbocycles. The standard InChI is InChI=1S/C66H44N2/c1-2-18-55(19-3-1)68-65-26-9-8-23-63(65)64-40-36-53(44-66(64)68)51-16-10-20-57(42-51)67(58-21-11-17-54(43-58)60-24-12-25-61-59-22-7-6-14-49(59)35-39-62(60)61)56-37-33-47(34-38-56)46-27-29-48(30-28-46)52-32-31-45-13-4-5-15-50(45)41-52/h1-44H. The molecule has 318 valence electrons. The molecule has 13 rings (SSSR count). The van der Waals surface area contributed by atoms with E-state index in [0.717, 1.165) is 28.3 Å². The maximum Gasteiger partial charge on any atom is 0.0547 e. The van der Waals surface area contributed by atoms with Crippen LogP contribution in [0.5, 0.6) is 0 Å². The van der Waals surface area contributed by atoms with Crippen molar-refractivity contribution in [2.24, 2.45) is 0 Å². The molecule has 0 fully saturated rings. The van der Waals surface area contributed by atoms with Crippen molar-refractivity contribution in [2.45, 2.75) is 0 Å². The molecule has 1 heterocycles. The van der Waals surface area contributed by atoms with E-state index in [1.807, 2.05) is 0 Å². The molecule has 0 atom stereocenters. The van der Waals surface area contributed by atoms with Crippen molar-refractivity contribution in [1.82, 2.24) is 4.57 Å². The molecule has 12 aromatic carbocycles. The monoisotopic (exact) mass is 864 g/mol. The summed E-state index contributed by atoms with van der Waals surface area (Å²) in [5, 5.41) is 10.0. The molecule has 0 bridgehead atoms. The fourth-order valence-corrected chi connectivity index (χ4v) is 10.4. The van der Waals surface area contributed by atoms with Gasteiger partial charge in [0.1, 0.15) is 0 Å². The number of hydrogen-bond donors (Lipinski definition) is 0. The number of anilines is 3. The Labute approximate surface area is 395 Å². The van der Waals surface area contributed by atoms with Gasteiger partial charge in [-0.2, -0.15) is 0 Å². The highest BCUT2D eigenvalue weighted by Crippen LogP contribution is 2.42. The van der Waals surface area contributed by atoms with Gasteiger partial charge >= 0.3 is 0 Å². The van der Waals surface area contributed by atoms with Gasteiger partial charge in [0.15, 0.2) is 0 Å². The molecule has 0 spiro atoms. The minimum absolute atomic E-state index is 1.08. The maximum atomic E-state index is 2.40. The minimum atomic E-state index is 1.08. The quantitative estimate of drug-likeness (QED) is 0.138. The van der Waals surface area contributed by atoms with Crippen molar-refractivity contribution >= 4 is 71.2 Å². The van der Waals surface area contributed by atoms with Crippen LogP contribution in [0.1, 0.15) is 0 Å². The first-order valence-corrected chi connectivity index (χ1v) is 23.4. The smallest absolute Gasteiger partial charge is 0.0547 e. The third-order valence-electron chi connectivity index (χ3n) is 13.8. The summed E-state index contributed by atoms with van der Waals surface area (Å²) in [5.41, 5.74) is 16.3. The summed E-state index contributed by atoms with van der Waals surface area (Å²) in [4.78, 5) is 2.40. The third-order valence-corrected chi connectivity index (χ3v) is 13.8. The van der Waals surface area contributed by atoms with E-state index in [0.29, 0.717) is 0 Å². The van der Waals surface area contributed by atoms with Crippen molar-refractivity contribution in [1.29, 1.82) is 0 Å². The van der Waals surface area contributed by atoms with Gasteiger partial charge in [0.2, 0.25) is 0 Å². The second-order valence-electron chi connectivity index (χ2n) is 17.7. The van der Waals surface area contributed by atoms with E-state index in [4.69, 9.17) is 0 Å². The summed E-state index contributed by atoms with van der Waals surface area (Å²) in [6, 6.07) is 97.5. The van der Waals surface area contributed by atoms with Crippen molar-refractivity contribution in [2.75, 3.05) is 4.90 Å². The van der Waals surface area contributed by atoms with Gasteiger partial charge in [-0.3, -0.25) is 0 Å². The molecular formula is C66H44N2. The van der Waals surface area contributed by atoms with Crippen LogP contribution in [-0.2, 0) is 0 Å². The zero-order valence-corrected chi connectivity index (χ0v) is 37.3. The molecule has 13 aromatic rings. The Morgan fingerprint density at radius 1 is 0.235 bits per heavy atom. The Balaban J connectivity index is 0.915. The highest BCUT2D eigenvalue weighted by Gasteiger charge is 2.18. The zero-order chi connectivity index (χ0) is 45.0. The number of nitrogens with zero attached hydrogens (tertiary/aromatic N) is 2. The van der Waals surface area contributed by atoms with Crippen LogP contribution in [0.3, 0.4) is 0 Å². The normalized spacial score (nSPS) is 11.5. The van der Waals surface area contributed by atoms with Crippen LogP contribution in [-0.4, -0.2) is 4.57 Å². The average Bonchev–Trinajstić information content (AvgIpc) is 3.75. The van der Waals surface area contributed by atoms with Crippen LogP contribution >= 0.6 is 0 Å². The number of aromatic nitrogens is 1. The Bertz CT molecular complexity index is 4010. The van der Waals surface area contributed by atoms with E-state index in [-0.39, 0.29) is 0 Å².